The number of fused-ring (bicyclic) bond motifs is 3. The number of hydrogen-bond donors (Lipinski definition) is 1. The molecule has 0 radical (unpaired) electrons. The third-order valence-electron chi connectivity index (χ3n) is 4.40. The minimum atomic E-state index is -0.496. The third kappa shape index (κ3) is 2.59. The van der Waals surface area contributed by atoms with Gasteiger partial charge in [0, 0.05) is 7.05 Å². The molecule has 8 heteroatoms. The SMILES string of the molecule is CCc1ccc(OCC2Cn3c(nc4c3c(=O)[nH]c(=O)n4C)O2)cc1. The predicted molar refractivity (Wildman–Crippen MR) is 91.3 cm³/mol. The van der Waals surface area contributed by atoms with Crippen LogP contribution in [0.3, 0.4) is 0 Å². The van der Waals surface area contributed by atoms with Crippen molar-refractivity contribution in [2.75, 3.05) is 6.61 Å². The quantitative estimate of drug-likeness (QED) is 0.758. The van der Waals surface area contributed by atoms with E-state index in [4.69, 9.17) is 9.47 Å². The molecule has 4 rings (SSSR count). The summed E-state index contributed by atoms with van der Waals surface area (Å²) in [5, 5.41) is 0. The molecule has 0 fully saturated rings. The number of H-pyrrole nitrogens is 1. The number of aryl methyl sites for hydroxylation is 2. The van der Waals surface area contributed by atoms with Gasteiger partial charge in [-0.2, -0.15) is 4.98 Å². The van der Waals surface area contributed by atoms with Crippen molar-refractivity contribution in [2.24, 2.45) is 7.05 Å². The highest BCUT2D eigenvalue weighted by molar-refractivity contribution is 5.72. The van der Waals surface area contributed by atoms with Crippen LogP contribution in [-0.2, 0) is 20.0 Å². The van der Waals surface area contributed by atoms with Gasteiger partial charge in [0.05, 0.1) is 6.54 Å². The molecule has 0 saturated carbocycles. The lowest BCUT2D eigenvalue weighted by molar-refractivity contribution is 0.144. The Kier molecular flexibility index (Phi) is 3.60. The van der Waals surface area contributed by atoms with Crippen molar-refractivity contribution in [1.29, 1.82) is 0 Å². The van der Waals surface area contributed by atoms with Crippen molar-refractivity contribution in [3.63, 3.8) is 0 Å². The van der Waals surface area contributed by atoms with E-state index in [0.717, 1.165) is 12.2 Å². The van der Waals surface area contributed by atoms with Gasteiger partial charge in [0.15, 0.2) is 17.3 Å². The summed E-state index contributed by atoms with van der Waals surface area (Å²) in [6.07, 6.45) is 0.742. The molecule has 1 N–H and O–H groups in total. The average molecular weight is 342 g/mol. The second-order valence-electron chi connectivity index (χ2n) is 6.04. The molecule has 1 aliphatic rings. The lowest BCUT2D eigenvalue weighted by Gasteiger charge is -2.12. The van der Waals surface area contributed by atoms with E-state index >= 15 is 0 Å². The van der Waals surface area contributed by atoms with Gasteiger partial charge in [-0.3, -0.25) is 18.9 Å². The first-order valence-corrected chi connectivity index (χ1v) is 8.14. The van der Waals surface area contributed by atoms with Crippen molar-refractivity contribution in [3.05, 3.63) is 50.7 Å². The maximum absolute atomic E-state index is 12.1. The second-order valence-corrected chi connectivity index (χ2v) is 6.04. The monoisotopic (exact) mass is 342 g/mol. The predicted octanol–water partition coefficient (Wildman–Crippen LogP) is 0.826. The van der Waals surface area contributed by atoms with E-state index in [9.17, 15) is 9.59 Å². The van der Waals surface area contributed by atoms with Crippen molar-refractivity contribution >= 4 is 11.2 Å². The molecule has 25 heavy (non-hydrogen) atoms. The fourth-order valence-electron chi connectivity index (χ4n) is 2.96. The summed E-state index contributed by atoms with van der Waals surface area (Å²) in [4.78, 5) is 30.3. The molecule has 1 unspecified atom stereocenters. The van der Waals surface area contributed by atoms with Crippen LogP contribution >= 0.6 is 0 Å². The molecule has 1 aromatic carbocycles. The lowest BCUT2D eigenvalue weighted by Crippen LogP contribution is -2.30. The summed E-state index contributed by atoms with van der Waals surface area (Å²) in [7, 11) is 1.56. The van der Waals surface area contributed by atoms with Crippen LogP contribution < -0.4 is 20.7 Å². The zero-order chi connectivity index (χ0) is 17.6. The Morgan fingerprint density at radius 1 is 1.32 bits per heavy atom. The Labute approximate surface area is 142 Å². The Bertz CT molecular complexity index is 1050. The summed E-state index contributed by atoms with van der Waals surface area (Å²) in [5.41, 5.74) is 0.952. The third-order valence-corrected chi connectivity index (χ3v) is 4.40. The maximum Gasteiger partial charge on any atom is 0.329 e. The summed E-state index contributed by atoms with van der Waals surface area (Å²) < 4.78 is 14.5. The molecular weight excluding hydrogens is 324 g/mol. The number of hydrogen-bond acceptors (Lipinski definition) is 5. The fourth-order valence-corrected chi connectivity index (χ4v) is 2.96. The highest BCUT2D eigenvalue weighted by atomic mass is 16.6. The first kappa shape index (κ1) is 15.5. The van der Waals surface area contributed by atoms with Crippen LogP contribution in [-0.4, -0.2) is 31.8 Å². The van der Waals surface area contributed by atoms with Gasteiger partial charge in [-0.15, -0.1) is 0 Å². The summed E-state index contributed by atoms with van der Waals surface area (Å²) >= 11 is 0. The van der Waals surface area contributed by atoms with E-state index in [0.29, 0.717) is 30.3 Å². The Hall–Kier alpha value is -3.03. The van der Waals surface area contributed by atoms with Crippen LogP contribution in [0, 0.1) is 0 Å². The summed E-state index contributed by atoms with van der Waals surface area (Å²) in [5.74, 6) is 0.774. The normalized spacial score (nSPS) is 16.0. The standard InChI is InChI=1S/C17H18N4O4/c1-3-10-4-6-11(7-5-10)24-9-12-8-21-13-14(18-17(21)25-12)20(2)16(23)19-15(13)22/h4-7,12H,3,8-9H2,1-2H3,(H,19,22,23). The van der Waals surface area contributed by atoms with E-state index in [1.54, 1.807) is 11.6 Å². The number of rotatable bonds is 4. The van der Waals surface area contributed by atoms with Gasteiger partial charge < -0.3 is 9.47 Å². The first-order chi connectivity index (χ1) is 12.1. The molecule has 1 atom stereocenters. The molecular formula is C17H18N4O4. The minimum absolute atomic E-state index is 0.241. The van der Waals surface area contributed by atoms with Crippen LogP contribution in [0.25, 0.3) is 11.2 Å². The molecule has 0 bridgehead atoms. The largest absolute Gasteiger partial charge is 0.490 e. The van der Waals surface area contributed by atoms with E-state index in [1.807, 2.05) is 24.3 Å². The molecule has 0 spiro atoms. The fraction of sp³-hybridized carbons (Fsp3) is 0.353. The molecule has 1 aliphatic heterocycles. The topological polar surface area (TPSA) is 91.1 Å². The number of nitrogens with zero attached hydrogens (tertiary/aromatic N) is 3. The van der Waals surface area contributed by atoms with Gasteiger partial charge in [-0.25, -0.2) is 4.79 Å². The zero-order valence-electron chi connectivity index (χ0n) is 14.0. The summed E-state index contributed by atoms with van der Waals surface area (Å²) in [6, 6.07) is 8.26. The van der Waals surface area contributed by atoms with E-state index in [2.05, 4.69) is 16.9 Å². The van der Waals surface area contributed by atoms with Crippen molar-refractivity contribution in [2.45, 2.75) is 26.0 Å². The molecule has 3 heterocycles. The van der Waals surface area contributed by atoms with Crippen LogP contribution in [0.1, 0.15) is 12.5 Å². The van der Waals surface area contributed by atoms with Gasteiger partial charge in [0.1, 0.15) is 12.4 Å². The van der Waals surface area contributed by atoms with E-state index < -0.39 is 11.2 Å². The molecule has 8 nitrogen and oxygen atoms in total. The van der Waals surface area contributed by atoms with Crippen LogP contribution in [0.15, 0.2) is 33.9 Å². The number of ether oxygens (including phenoxy) is 2. The van der Waals surface area contributed by atoms with Crippen molar-refractivity contribution < 1.29 is 9.47 Å². The molecule has 0 aliphatic carbocycles. The second kappa shape index (κ2) is 5.80. The summed E-state index contributed by atoms with van der Waals surface area (Å²) in [6.45, 7) is 2.89. The molecule has 3 aromatic rings. The van der Waals surface area contributed by atoms with Crippen LogP contribution in [0.4, 0.5) is 0 Å². The zero-order valence-corrected chi connectivity index (χ0v) is 14.0. The lowest BCUT2D eigenvalue weighted by atomic mass is 10.2. The number of nitrogens with one attached hydrogen (secondary N) is 1. The van der Waals surface area contributed by atoms with E-state index in [1.165, 1.54) is 10.1 Å². The smallest absolute Gasteiger partial charge is 0.329 e. The molecule has 2 aromatic heterocycles. The number of aromatic amines is 1. The van der Waals surface area contributed by atoms with Crippen molar-refractivity contribution in [3.8, 4) is 11.8 Å². The van der Waals surface area contributed by atoms with Gasteiger partial charge in [0.25, 0.3) is 11.6 Å². The van der Waals surface area contributed by atoms with Crippen LogP contribution in [0.5, 0.6) is 11.8 Å². The highest BCUT2D eigenvalue weighted by Gasteiger charge is 2.29. The average Bonchev–Trinajstić information content (AvgIpc) is 3.16. The van der Waals surface area contributed by atoms with Crippen LogP contribution in [0.2, 0.25) is 0 Å². The number of imidazole rings is 1. The minimum Gasteiger partial charge on any atom is -0.490 e. The highest BCUT2D eigenvalue weighted by Crippen LogP contribution is 2.25. The Morgan fingerprint density at radius 3 is 2.80 bits per heavy atom. The number of benzene rings is 1. The maximum atomic E-state index is 12.1. The van der Waals surface area contributed by atoms with Crippen molar-refractivity contribution in [1.82, 2.24) is 19.1 Å². The van der Waals surface area contributed by atoms with Gasteiger partial charge in [0.2, 0.25) is 0 Å². The Morgan fingerprint density at radius 2 is 2.08 bits per heavy atom. The van der Waals surface area contributed by atoms with Gasteiger partial charge >= 0.3 is 5.69 Å². The van der Waals surface area contributed by atoms with Gasteiger partial charge in [-0.05, 0) is 24.1 Å². The van der Waals surface area contributed by atoms with E-state index in [-0.39, 0.29) is 6.10 Å². The first-order valence-electron chi connectivity index (χ1n) is 8.14. The Balaban J connectivity index is 1.52. The number of aromatic nitrogens is 4. The molecule has 130 valence electrons. The molecule has 0 saturated heterocycles. The van der Waals surface area contributed by atoms with Gasteiger partial charge in [-0.1, -0.05) is 19.1 Å². The molecule has 0 amide bonds.